The van der Waals surface area contributed by atoms with Crippen LogP contribution < -0.4 is 4.74 Å². The minimum absolute atomic E-state index is 0.265. The van der Waals surface area contributed by atoms with E-state index in [2.05, 4.69) is 31.9 Å². The van der Waals surface area contributed by atoms with Gasteiger partial charge in [-0.25, -0.2) is 8.78 Å². The van der Waals surface area contributed by atoms with Gasteiger partial charge in [-0.3, -0.25) is 4.79 Å². The van der Waals surface area contributed by atoms with Gasteiger partial charge in [0.1, 0.15) is 18.6 Å². The molecule has 0 heterocycles. The Hall–Kier alpha value is -0.490. The molecule has 0 fully saturated rings. The SMILES string of the molecule is O=Cc1cc(Br)c(OCC(F)F)c(Br)c1. The Morgan fingerprint density at radius 3 is 2.27 bits per heavy atom. The second kappa shape index (κ2) is 5.55. The maximum absolute atomic E-state index is 11.9. The number of aldehydes is 1. The molecule has 0 saturated carbocycles. The molecule has 0 aliphatic rings. The van der Waals surface area contributed by atoms with Crippen molar-refractivity contribution in [3.8, 4) is 5.75 Å². The maximum atomic E-state index is 11.9. The molecule has 0 radical (unpaired) electrons. The molecular formula is C9H6Br2F2O2. The summed E-state index contributed by atoms with van der Waals surface area (Å²) in [5.74, 6) is 0.265. The number of carbonyl (C=O) groups is 1. The smallest absolute Gasteiger partial charge is 0.272 e. The van der Waals surface area contributed by atoms with E-state index in [0.717, 1.165) is 0 Å². The topological polar surface area (TPSA) is 26.3 Å². The van der Waals surface area contributed by atoms with E-state index < -0.39 is 13.0 Å². The Bertz CT molecular complexity index is 346. The number of carbonyl (C=O) groups excluding carboxylic acids is 1. The van der Waals surface area contributed by atoms with Gasteiger partial charge in [0.2, 0.25) is 0 Å². The van der Waals surface area contributed by atoms with Gasteiger partial charge in [0.05, 0.1) is 8.95 Å². The third-order valence-electron chi connectivity index (χ3n) is 1.51. The lowest BCUT2D eigenvalue weighted by atomic mass is 10.2. The largest absolute Gasteiger partial charge is 0.485 e. The summed E-state index contributed by atoms with van der Waals surface area (Å²) in [4.78, 5) is 10.5. The Labute approximate surface area is 102 Å². The van der Waals surface area contributed by atoms with Crippen molar-refractivity contribution in [2.24, 2.45) is 0 Å². The van der Waals surface area contributed by atoms with Crippen LogP contribution in [0.3, 0.4) is 0 Å². The highest BCUT2D eigenvalue weighted by Crippen LogP contribution is 2.34. The second-order valence-corrected chi connectivity index (χ2v) is 4.34. The summed E-state index contributed by atoms with van der Waals surface area (Å²) >= 11 is 6.26. The van der Waals surface area contributed by atoms with Crippen molar-refractivity contribution in [1.82, 2.24) is 0 Å². The first-order valence-corrected chi connectivity index (χ1v) is 5.48. The monoisotopic (exact) mass is 342 g/mol. The Balaban J connectivity index is 2.93. The highest BCUT2D eigenvalue weighted by atomic mass is 79.9. The molecule has 6 heteroatoms. The Kier molecular flexibility index (Phi) is 4.66. The van der Waals surface area contributed by atoms with Gasteiger partial charge in [-0.15, -0.1) is 0 Å². The van der Waals surface area contributed by atoms with Crippen LogP contribution in [0, 0.1) is 0 Å². The van der Waals surface area contributed by atoms with Gasteiger partial charge < -0.3 is 4.74 Å². The molecule has 0 amide bonds. The van der Waals surface area contributed by atoms with Crippen LogP contribution in [0.2, 0.25) is 0 Å². The minimum atomic E-state index is -2.53. The summed E-state index contributed by atoms with van der Waals surface area (Å²) in [6.45, 7) is -0.683. The van der Waals surface area contributed by atoms with E-state index in [1.165, 1.54) is 12.1 Å². The molecule has 1 rings (SSSR count). The van der Waals surface area contributed by atoms with Gasteiger partial charge in [0.25, 0.3) is 6.43 Å². The van der Waals surface area contributed by atoms with Gasteiger partial charge in [0, 0.05) is 5.56 Å². The van der Waals surface area contributed by atoms with Crippen LogP contribution >= 0.6 is 31.9 Å². The fourth-order valence-electron chi connectivity index (χ4n) is 0.932. The van der Waals surface area contributed by atoms with E-state index in [9.17, 15) is 13.6 Å². The number of alkyl halides is 2. The fourth-order valence-corrected chi connectivity index (χ4v) is 2.38. The lowest BCUT2D eigenvalue weighted by molar-refractivity contribution is 0.0811. The normalized spacial score (nSPS) is 10.5. The molecule has 15 heavy (non-hydrogen) atoms. The van der Waals surface area contributed by atoms with Crippen molar-refractivity contribution in [2.45, 2.75) is 6.43 Å². The van der Waals surface area contributed by atoms with E-state index in [4.69, 9.17) is 4.74 Å². The number of ether oxygens (including phenoxy) is 1. The first-order chi connectivity index (χ1) is 7.04. The van der Waals surface area contributed by atoms with Crippen LogP contribution in [0.25, 0.3) is 0 Å². The average molecular weight is 344 g/mol. The number of halogens is 4. The molecule has 2 nitrogen and oxygen atoms in total. The average Bonchev–Trinajstić information content (AvgIpc) is 2.15. The van der Waals surface area contributed by atoms with Gasteiger partial charge in [-0.2, -0.15) is 0 Å². The van der Waals surface area contributed by atoms with Crippen LogP contribution in [-0.4, -0.2) is 19.3 Å². The van der Waals surface area contributed by atoms with Gasteiger partial charge in [-0.1, -0.05) is 0 Å². The van der Waals surface area contributed by atoms with Gasteiger partial charge >= 0.3 is 0 Å². The zero-order chi connectivity index (χ0) is 11.4. The zero-order valence-electron chi connectivity index (χ0n) is 7.34. The molecule has 82 valence electrons. The predicted octanol–water partition coefficient (Wildman–Crippen LogP) is 3.67. The van der Waals surface area contributed by atoms with Crippen LogP contribution in [0.1, 0.15) is 10.4 Å². The summed E-state index contributed by atoms with van der Waals surface area (Å²) in [5, 5.41) is 0. The molecule has 0 bridgehead atoms. The third-order valence-corrected chi connectivity index (χ3v) is 2.69. The fraction of sp³-hybridized carbons (Fsp3) is 0.222. The molecular weight excluding hydrogens is 338 g/mol. The van der Waals surface area contributed by atoms with E-state index in [0.29, 0.717) is 20.8 Å². The molecule has 0 aliphatic carbocycles. The minimum Gasteiger partial charge on any atom is -0.485 e. The maximum Gasteiger partial charge on any atom is 0.272 e. The van der Waals surface area contributed by atoms with Crippen molar-refractivity contribution in [3.05, 3.63) is 26.6 Å². The van der Waals surface area contributed by atoms with E-state index in [1.807, 2.05) is 0 Å². The first kappa shape index (κ1) is 12.6. The lowest BCUT2D eigenvalue weighted by Gasteiger charge is -2.10. The number of hydrogen-bond donors (Lipinski definition) is 0. The van der Waals surface area contributed by atoms with Crippen molar-refractivity contribution >= 4 is 38.1 Å². The molecule has 1 aromatic carbocycles. The molecule has 0 aliphatic heterocycles. The van der Waals surface area contributed by atoms with Crippen LogP contribution in [-0.2, 0) is 0 Å². The highest BCUT2D eigenvalue weighted by molar-refractivity contribution is 9.11. The molecule has 0 N–H and O–H groups in total. The van der Waals surface area contributed by atoms with Crippen molar-refractivity contribution in [2.75, 3.05) is 6.61 Å². The number of rotatable bonds is 4. The zero-order valence-corrected chi connectivity index (χ0v) is 10.5. The number of benzene rings is 1. The summed E-state index contributed by atoms with van der Waals surface area (Å²) in [5.41, 5.74) is 0.429. The summed E-state index contributed by atoms with van der Waals surface area (Å²) in [6.07, 6.45) is -1.87. The third kappa shape index (κ3) is 3.53. The first-order valence-electron chi connectivity index (χ1n) is 3.89. The molecule has 0 atom stereocenters. The summed E-state index contributed by atoms with van der Waals surface area (Å²) in [6, 6.07) is 3.00. The standard InChI is InChI=1S/C9H6Br2F2O2/c10-6-1-5(3-14)2-7(11)9(6)15-4-8(12)13/h1-3,8H,4H2. The summed E-state index contributed by atoms with van der Waals surface area (Å²) < 4.78 is 29.6. The lowest BCUT2D eigenvalue weighted by Crippen LogP contribution is -2.07. The molecule has 1 aromatic rings. The van der Waals surface area contributed by atoms with Crippen molar-refractivity contribution in [3.63, 3.8) is 0 Å². The van der Waals surface area contributed by atoms with Crippen LogP contribution in [0.5, 0.6) is 5.75 Å². The van der Waals surface area contributed by atoms with Crippen LogP contribution in [0.4, 0.5) is 8.78 Å². The summed E-state index contributed by atoms with van der Waals surface area (Å²) in [7, 11) is 0. The van der Waals surface area contributed by atoms with E-state index in [-0.39, 0.29) is 5.75 Å². The van der Waals surface area contributed by atoms with Crippen molar-refractivity contribution < 1.29 is 18.3 Å². The molecule has 0 spiro atoms. The second-order valence-electron chi connectivity index (χ2n) is 2.63. The quantitative estimate of drug-likeness (QED) is 0.780. The van der Waals surface area contributed by atoms with E-state index >= 15 is 0 Å². The Morgan fingerprint density at radius 2 is 1.87 bits per heavy atom. The van der Waals surface area contributed by atoms with Crippen LogP contribution in [0.15, 0.2) is 21.1 Å². The van der Waals surface area contributed by atoms with Crippen molar-refractivity contribution in [1.29, 1.82) is 0 Å². The Morgan fingerprint density at radius 1 is 1.33 bits per heavy atom. The highest BCUT2D eigenvalue weighted by Gasteiger charge is 2.11. The predicted molar refractivity (Wildman–Crippen MR) is 58.7 cm³/mol. The van der Waals surface area contributed by atoms with Gasteiger partial charge in [-0.05, 0) is 44.0 Å². The molecule has 0 unspecified atom stereocenters. The number of hydrogen-bond acceptors (Lipinski definition) is 2. The van der Waals surface area contributed by atoms with Gasteiger partial charge in [0.15, 0.2) is 0 Å². The molecule has 0 aromatic heterocycles. The van der Waals surface area contributed by atoms with E-state index in [1.54, 1.807) is 0 Å². The molecule has 0 saturated heterocycles.